The van der Waals surface area contributed by atoms with Gasteiger partial charge in [-0.2, -0.15) is 0 Å². The lowest BCUT2D eigenvalue weighted by molar-refractivity contribution is 0.119. The first-order valence-electron chi connectivity index (χ1n) is 39.4. The molecule has 0 aromatic heterocycles. The number of carbonyl (C=O) groups excluding carboxylic acids is 6. The van der Waals surface area contributed by atoms with Gasteiger partial charge in [0, 0.05) is 66.7 Å². The minimum Gasteiger partial charge on any atom is -0.486 e. The van der Waals surface area contributed by atoms with Gasteiger partial charge in [-0.15, -0.1) is 0 Å². The van der Waals surface area contributed by atoms with Crippen LogP contribution in [0.15, 0.2) is 193 Å². The summed E-state index contributed by atoms with van der Waals surface area (Å²) >= 11 is 11.4. The Bertz CT molecular complexity index is 5550. The number of halogens is 16. The summed E-state index contributed by atoms with van der Waals surface area (Å²) in [5.74, 6) is -8.99. The molecule has 0 aliphatic heterocycles. The van der Waals surface area contributed by atoms with Crippen LogP contribution in [0.3, 0.4) is 0 Å². The minimum atomic E-state index is -1.04. The topological polar surface area (TPSA) is 269 Å². The molecule has 0 fully saturated rings. The molecule has 0 atom stereocenters. The maximum Gasteiger partial charge on any atom is 0.513 e. The normalized spacial score (nSPS) is 10.3. The SMILES string of the molecule is COC(=O)Oc1cccc(Br)c1COc1cc(F)c(C)cc1F.COC(=O)Oc1cccc(C)c1COc1cc(F)c(C)cc1F.COC(=O)Oc1cccc(Cl)c1COc1cc(F)c(C)cc1F.COC(=O)Oc1cccc(F)c1COc1cc(F)c(C)cc1F.COC(=O)Oc1cccc(I)c1COc1cc(F)c(C)cc1F.COC(=O)Oc1ccccc1COc1cc(F)c(C)cc1F. The fourth-order valence-corrected chi connectivity index (χ4v) is 12.2. The number of rotatable bonds is 24. The maximum atomic E-state index is 13.9. The van der Waals surface area contributed by atoms with Crippen molar-refractivity contribution in [3.8, 4) is 69.0 Å². The number of hydrogen-bond donors (Lipinski definition) is 0. The van der Waals surface area contributed by atoms with Crippen molar-refractivity contribution in [1.82, 2.24) is 0 Å². The van der Waals surface area contributed by atoms with Gasteiger partial charge in [-0.3, -0.25) is 0 Å². The molecule has 0 spiro atoms. The van der Waals surface area contributed by atoms with E-state index in [1.54, 1.807) is 91.9 Å². The zero-order valence-electron chi connectivity index (χ0n) is 74.5. The summed E-state index contributed by atoms with van der Waals surface area (Å²) in [5, 5.41) is 0.249. The van der Waals surface area contributed by atoms with E-state index in [9.17, 15) is 85.8 Å². The number of ether oxygens (including phenoxy) is 18. The second kappa shape index (κ2) is 53.7. The van der Waals surface area contributed by atoms with Crippen molar-refractivity contribution in [1.29, 1.82) is 0 Å². The number of aryl methyl sites for hydroxylation is 7. The highest BCUT2D eigenvalue weighted by Gasteiger charge is 2.24. The van der Waals surface area contributed by atoms with Crippen LogP contribution in [0.5, 0.6) is 69.0 Å². The van der Waals surface area contributed by atoms with E-state index in [0.717, 1.165) is 102 Å². The smallest absolute Gasteiger partial charge is 0.486 e. The average molecular weight is 2120 g/mol. The molecule has 12 aromatic carbocycles. The third-order valence-electron chi connectivity index (χ3n) is 18.3. The third kappa shape index (κ3) is 33.3. The van der Waals surface area contributed by atoms with Gasteiger partial charge in [-0.25, -0.2) is 85.8 Å². The molecular weight excluding hydrogens is 2040 g/mol. The zero-order valence-corrected chi connectivity index (χ0v) is 79.0. The third-order valence-corrected chi connectivity index (χ3v) is 20.4. The van der Waals surface area contributed by atoms with Crippen molar-refractivity contribution in [3.63, 3.8) is 0 Å². The highest BCUT2D eigenvalue weighted by atomic mass is 127. The summed E-state index contributed by atoms with van der Waals surface area (Å²) in [4.78, 5) is 67.3. The summed E-state index contributed by atoms with van der Waals surface area (Å²) in [6.45, 7) is 9.40. The van der Waals surface area contributed by atoms with Crippen molar-refractivity contribution >= 4 is 87.1 Å². The van der Waals surface area contributed by atoms with Crippen LogP contribution in [0.4, 0.5) is 85.8 Å². The number of hydrogen-bond acceptors (Lipinski definition) is 24. The van der Waals surface area contributed by atoms with Crippen LogP contribution in [0.2, 0.25) is 5.02 Å². The van der Waals surface area contributed by atoms with E-state index >= 15 is 0 Å². The second-order valence-electron chi connectivity index (χ2n) is 27.8. The summed E-state index contributed by atoms with van der Waals surface area (Å²) in [7, 11) is 7.01. The first-order chi connectivity index (χ1) is 65.1. The highest BCUT2D eigenvalue weighted by Crippen LogP contribution is 2.37. The molecule has 137 heavy (non-hydrogen) atoms. The second-order valence-corrected chi connectivity index (χ2v) is 30.2. The predicted molar refractivity (Wildman–Crippen MR) is 480 cm³/mol. The predicted octanol–water partition coefficient (Wildman–Crippen LogP) is 26.5. The Morgan fingerprint density at radius 2 is 0.496 bits per heavy atom. The van der Waals surface area contributed by atoms with Crippen LogP contribution in [-0.4, -0.2) is 79.6 Å². The van der Waals surface area contributed by atoms with E-state index in [4.69, 9.17) is 68.4 Å². The monoisotopic (exact) mass is 2120 g/mol. The van der Waals surface area contributed by atoms with Crippen LogP contribution in [0, 0.1) is 128 Å². The molecule has 0 unspecified atom stereocenters. The Morgan fingerprint density at radius 1 is 0.248 bits per heavy atom. The molecule has 0 N–H and O–H groups in total. The fourth-order valence-electron chi connectivity index (χ4n) is 10.9. The van der Waals surface area contributed by atoms with Crippen molar-refractivity contribution in [2.24, 2.45) is 0 Å². The van der Waals surface area contributed by atoms with E-state index in [-0.39, 0.29) is 146 Å². The minimum absolute atomic E-state index is 0.0849. The Labute approximate surface area is 802 Å². The van der Waals surface area contributed by atoms with Crippen LogP contribution in [0.1, 0.15) is 72.3 Å². The van der Waals surface area contributed by atoms with Crippen LogP contribution in [0.25, 0.3) is 0 Å². The quantitative estimate of drug-likeness (QED) is 0.0179. The molecule has 12 aromatic rings. The molecule has 0 saturated carbocycles. The number of methoxy groups -OCH3 is 6. The molecule has 0 aliphatic rings. The van der Waals surface area contributed by atoms with Gasteiger partial charge in [0.05, 0.1) is 58.8 Å². The average Bonchev–Trinajstić information content (AvgIpc) is 0.837. The standard InChI is InChI=1S/C17H16F2O4.C16H13BrF2O4.C16H13ClF2O4.C16H13F3O4.C16H13F2IO4.C16H14F2O4/c1-10-5-4-6-15(23-17(20)21-3)12(10)9-22-16-8-13(18)11(2)7-14(16)19;3*1-9-6-13(19)15(7-12(9)18)22-8-10-11(17)4-3-5-14(10)23-16(20)21-2;1-9-6-12(18)15(7-11(9)17)22-8-10-13(19)4-3-5-14(10)23-16(20)21-2;1-10-7-13(18)15(8-12(10)17)21-9-11-5-3-4-6-14(11)22-16(19)20-2/h4-8H,9H2,1-3H3;4*3-7H,8H2,1-2H3;3-8H,9H2,1-2H3. The fraction of sp³-hybridized carbons (Fsp3) is 0.196. The Balaban J connectivity index is 0.000000224. The Hall–Kier alpha value is -14.4. The maximum absolute atomic E-state index is 13.9. The molecule has 12 rings (SSSR count). The molecule has 40 heteroatoms. The molecule has 0 radical (unpaired) electrons. The highest BCUT2D eigenvalue weighted by molar-refractivity contribution is 14.1. The molecule has 0 amide bonds. The summed E-state index contributed by atoms with van der Waals surface area (Å²) in [5.41, 5.74) is 4.03. The van der Waals surface area contributed by atoms with E-state index < -0.39 is 119 Å². The molecule has 24 nitrogen and oxygen atoms in total. The van der Waals surface area contributed by atoms with Gasteiger partial charge in [-0.05, 0) is 207 Å². The molecule has 0 saturated heterocycles. The van der Waals surface area contributed by atoms with E-state index in [1.807, 2.05) is 22.6 Å². The van der Waals surface area contributed by atoms with Gasteiger partial charge >= 0.3 is 36.9 Å². The molecular formula is C97H82BrClF13IO24. The van der Waals surface area contributed by atoms with E-state index in [1.165, 1.54) is 94.2 Å². The van der Waals surface area contributed by atoms with E-state index in [2.05, 4.69) is 44.4 Å². The van der Waals surface area contributed by atoms with Gasteiger partial charge in [0.1, 0.15) is 115 Å². The lowest BCUT2D eigenvalue weighted by atomic mass is 10.1. The Kier molecular flexibility index (Phi) is 43.0. The number of para-hydroxylation sites is 1. The molecule has 726 valence electrons. The van der Waals surface area contributed by atoms with Gasteiger partial charge in [0.25, 0.3) is 0 Å². The summed E-state index contributed by atoms with van der Waals surface area (Å²) < 4.78 is 267. The molecule has 0 aliphatic carbocycles. The largest absolute Gasteiger partial charge is 0.513 e. The van der Waals surface area contributed by atoms with Crippen LogP contribution >= 0.6 is 50.1 Å². The van der Waals surface area contributed by atoms with Gasteiger partial charge in [-0.1, -0.05) is 82.1 Å². The van der Waals surface area contributed by atoms with Crippen LogP contribution < -0.4 is 56.8 Å². The van der Waals surface area contributed by atoms with Gasteiger partial charge < -0.3 is 85.3 Å². The first-order valence-corrected chi connectivity index (χ1v) is 41.7. The zero-order chi connectivity index (χ0) is 101. The lowest BCUT2D eigenvalue weighted by Gasteiger charge is -2.14. The summed E-state index contributed by atoms with van der Waals surface area (Å²) in [6, 6.07) is 41.9. The van der Waals surface area contributed by atoms with Crippen molar-refractivity contribution in [2.75, 3.05) is 42.7 Å². The molecule has 0 heterocycles. The Morgan fingerprint density at radius 3 is 0.854 bits per heavy atom. The van der Waals surface area contributed by atoms with Crippen molar-refractivity contribution in [3.05, 3.63) is 349 Å². The first kappa shape index (κ1) is 110. The lowest BCUT2D eigenvalue weighted by Crippen LogP contribution is -2.11. The number of carbonyl (C=O) groups is 6. The van der Waals surface area contributed by atoms with Gasteiger partial charge in [0.15, 0.2) is 69.4 Å². The van der Waals surface area contributed by atoms with Crippen molar-refractivity contribution in [2.45, 2.75) is 88.1 Å². The van der Waals surface area contributed by atoms with E-state index in [0.29, 0.717) is 32.3 Å². The van der Waals surface area contributed by atoms with Gasteiger partial charge in [0.2, 0.25) is 0 Å². The molecule has 0 bridgehead atoms. The number of benzene rings is 12. The summed E-state index contributed by atoms with van der Waals surface area (Å²) in [6.07, 6.45) is -5.48. The van der Waals surface area contributed by atoms with Crippen molar-refractivity contribution < 1.29 is 171 Å². The van der Waals surface area contributed by atoms with Crippen LogP contribution in [-0.2, 0) is 68.1 Å².